The topological polar surface area (TPSA) is 33.2 Å². The van der Waals surface area contributed by atoms with Crippen LogP contribution in [0.15, 0.2) is 12.4 Å². The van der Waals surface area contributed by atoms with Crippen LogP contribution in [-0.4, -0.2) is 29.9 Å². The summed E-state index contributed by atoms with van der Waals surface area (Å²) in [5.74, 6) is -0.0637. The van der Waals surface area contributed by atoms with Crippen molar-refractivity contribution < 1.29 is 4.79 Å². The number of carbonyl (C=O) groups excluding carboxylic acids is 1. The number of hydrogen-bond donors (Lipinski definition) is 0. The molecule has 1 rings (SSSR count). The van der Waals surface area contributed by atoms with Crippen molar-refractivity contribution in [1.82, 2.24) is 9.88 Å². The van der Waals surface area contributed by atoms with Crippen LogP contribution < -0.4 is 0 Å². The molecule has 0 aliphatic heterocycles. The molecule has 3 heteroatoms. The summed E-state index contributed by atoms with van der Waals surface area (Å²) >= 11 is 0. The van der Waals surface area contributed by atoms with Crippen LogP contribution >= 0.6 is 0 Å². The van der Waals surface area contributed by atoms with Crippen molar-refractivity contribution in [2.75, 3.05) is 14.1 Å². The lowest BCUT2D eigenvalue weighted by Crippen LogP contribution is -2.21. The minimum absolute atomic E-state index is 0.0637. The van der Waals surface area contributed by atoms with E-state index >= 15 is 0 Å². The number of nitrogens with zero attached hydrogens (tertiary/aromatic N) is 2. The van der Waals surface area contributed by atoms with Crippen LogP contribution in [0.4, 0.5) is 0 Å². The van der Waals surface area contributed by atoms with Crippen LogP contribution in [0.25, 0.3) is 0 Å². The first kappa shape index (κ1) is 8.71. The summed E-state index contributed by atoms with van der Waals surface area (Å²) in [7, 11) is 3.41. The van der Waals surface area contributed by atoms with Gasteiger partial charge in [0.15, 0.2) is 0 Å². The number of aromatic nitrogens is 1. The van der Waals surface area contributed by atoms with Gasteiger partial charge < -0.3 is 4.90 Å². The predicted octanol–water partition coefficient (Wildman–Crippen LogP) is 0.892. The van der Waals surface area contributed by atoms with Gasteiger partial charge in [0.1, 0.15) is 0 Å². The molecule has 12 heavy (non-hydrogen) atoms. The molecule has 1 aromatic heterocycles. The smallest absolute Gasteiger partial charge is 0.255 e. The third-order valence-electron chi connectivity index (χ3n) is 1.44. The number of aryl methyl sites for hydroxylation is 1. The van der Waals surface area contributed by atoms with Gasteiger partial charge >= 0.3 is 0 Å². The standard InChI is InChI=1S/C9H11N2O/c1-7-4-8(6-10-5-7)9(12)11(2)3/h5-6H,1-3H3. The van der Waals surface area contributed by atoms with Crippen molar-refractivity contribution in [3.63, 3.8) is 0 Å². The van der Waals surface area contributed by atoms with Crippen LogP contribution in [0.2, 0.25) is 0 Å². The first-order chi connectivity index (χ1) is 5.61. The Morgan fingerprint density at radius 2 is 2.17 bits per heavy atom. The van der Waals surface area contributed by atoms with Gasteiger partial charge in [-0.1, -0.05) is 0 Å². The van der Waals surface area contributed by atoms with Crippen LogP contribution in [-0.2, 0) is 0 Å². The van der Waals surface area contributed by atoms with E-state index in [0.717, 1.165) is 5.56 Å². The quantitative estimate of drug-likeness (QED) is 0.616. The Balaban J connectivity index is 2.96. The summed E-state index contributed by atoms with van der Waals surface area (Å²) in [6.07, 6.45) is 3.20. The van der Waals surface area contributed by atoms with E-state index < -0.39 is 0 Å². The molecule has 1 heterocycles. The van der Waals surface area contributed by atoms with Crippen molar-refractivity contribution in [2.45, 2.75) is 6.92 Å². The van der Waals surface area contributed by atoms with Crippen molar-refractivity contribution in [1.29, 1.82) is 0 Å². The fraction of sp³-hybridized carbons (Fsp3) is 0.333. The summed E-state index contributed by atoms with van der Waals surface area (Å²) in [6, 6.07) is 2.93. The van der Waals surface area contributed by atoms with Gasteiger partial charge in [-0.2, -0.15) is 0 Å². The largest absolute Gasteiger partial charge is 0.345 e. The third-order valence-corrected chi connectivity index (χ3v) is 1.44. The molecule has 0 bridgehead atoms. The zero-order valence-corrected chi connectivity index (χ0v) is 7.46. The Morgan fingerprint density at radius 1 is 1.50 bits per heavy atom. The molecular formula is C9H11N2O. The number of amides is 1. The minimum Gasteiger partial charge on any atom is -0.345 e. The highest BCUT2D eigenvalue weighted by Crippen LogP contribution is 2.01. The fourth-order valence-electron chi connectivity index (χ4n) is 0.850. The highest BCUT2D eigenvalue weighted by molar-refractivity contribution is 5.93. The molecule has 0 saturated heterocycles. The lowest BCUT2D eigenvalue weighted by atomic mass is 10.2. The molecule has 0 aliphatic carbocycles. The molecule has 0 N–H and O–H groups in total. The molecule has 1 radical (unpaired) electrons. The summed E-state index contributed by atoms with van der Waals surface area (Å²) in [6.45, 7) is 1.86. The van der Waals surface area contributed by atoms with Crippen molar-refractivity contribution in [3.8, 4) is 0 Å². The predicted molar refractivity (Wildman–Crippen MR) is 45.8 cm³/mol. The Hall–Kier alpha value is -1.38. The summed E-state index contributed by atoms with van der Waals surface area (Å²) < 4.78 is 0. The maximum absolute atomic E-state index is 11.4. The first-order valence-corrected chi connectivity index (χ1v) is 3.67. The van der Waals surface area contributed by atoms with E-state index in [1.54, 1.807) is 20.3 Å². The Morgan fingerprint density at radius 3 is 2.67 bits per heavy atom. The van der Waals surface area contributed by atoms with Gasteiger partial charge in [-0.3, -0.25) is 9.78 Å². The van der Waals surface area contributed by atoms with E-state index in [-0.39, 0.29) is 5.91 Å². The molecule has 0 fully saturated rings. The number of rotatable bonds is 1. The lowest BCUT2D eigenvalue weighted by molar-refractivity contribution is 0.0827. The van der Waals surface area contributed by atoms with E-state index in [1.165, 1.54) is 11.1 Å². The van der Waals surface area contributed by atoms with Gasteiger partial charge in [0.2, 0.25) is 0 Å². The van der Waals surface area contributed by atoms with Crippen molar-refractivity contribution >= 4 is 5.91 Å². The molecule has 1 aromatic rings. The summed E-state index contributed by atoms with van der Waals surface area (Å²) in [4.78, 5) is 16.8. The van der Waals surface area contributed by atoms with Gasteiger partial charge in [-0.05, 0) is 12.5 Å². The molecule has 0 saturated carbocycles. The van der Waals surface area contributed by atoms with Crippen LogP contribution in [0.5, 0.6) is 0 Å². The zero-order chi connectivity index (χ0) is 9.14. The Labute approximate surface area is 72.0 Å². The number of carbonyl (C=O) groups is 1. The van der Waals surface area contributed by atoms with Gasteiger partial charge in [0, 0.05) is 32.6 Å². The van der Waals surface area contributed by atoms with Crippen molar-refractivity contribution in [2.24, 2.45) is 0 Å². The van der Waals surface area contributed by atoms with Crippen LogP contribution in [0, 0.1) is 13.0 Å². The highest BCUT2D eigenvalue weighted by atomic mass is 16.2. The third kappa shape index (κ3) is 1.81. The van der Waals surface area contributed by atoms with Crippen LogP contribution in [0.1, 0.15) is 15.9 Å². The lowest BCUT2D eigenvalue weighted by Gasteiger charge is -2.09. The van der Waals surface area contributed by atoms with E-state index in [2.05, 4.69) is 11.1 Å². The van der Waals surface area contributed by atoms with Gasteiger partial charge in [-0.15, -0.1) is 0 Å². The molecule has 0 aromatic carbocycles. The second-order valence-electron chi connectivity index (χ2n) is 2.83. The molecule has 63 valence electrons. The second kappa shape index (κ2) is 3.34. The van der Waals surface area contributed by atoms with Gasteiger partial charge in [0.25, 0.3) is 5.91 Å². The minimum atomic E-state index is -0.0637. The molecule has 0 unspecified atom stereocenters. The van der Waals surface area contributed by atoms with E-state index in [0.29, 0.717) is 5.56 Å². The second-order valence-corrected chi connectivity index (χ2v) is 2.83. The van der Waals surface area contributed by atoms with E-state index in [1.807, 2.05) is 6.92 Å². The average Bonchev–Trinajstić information content (AvgIpc) is 2.03. The van der Waals surface area contributed by atoms with Crippen molar-refractivity contribution in [3.05, 3.63) is 29.6 Å². The maximum Gasteiger partial charge on any atom is 0.255 e. The molecule has 1 amide bonds. The maximum atomic E-state index is 11.4. The first-order valence-electron chi connectivity index (χ1n) is 3.67. The van der Waals surface area contributed by atoms with Crippen LogP contribution in [0.3, 0.4) is 0 Å². The molecule has 0 spiro atoms. The Kier molecular flexibility index (Phi) is 2.43. The van der Waals surface area contributed by atoms with E-state index in [9.17, 15) is 4.79 Å². The summed E-state index contributed by atoms with van der Waals surface area (Å²) in [5.41, 5.74) is 1.39. The number of hydrogen-bond acceptors (Lipinski definition) is 2. The molecule has 0 aliphatic rings. The molecule has 3 nitrogen and oxygen atoms in total. The molecular weight excluding hydrogens is 152 g/mol. The van der Waals surface area contributed by atoms with Gasteiger partial charge in [-0.25, -0.2) is 0 Å². The SMILES string of the molecule is Cc1[c]c(C(=O)N(C)C)cnc1. The average molecular weight is 163 g/mol. The highest BCUT2D eigenvalue weighted by Gasteiger charge is 2.07. The Bertz CT molecular complexity index is 294. The zero-order valence-electron chi connectivity index (χ0n) is 7.46. The van der Waals surface area contributed by atoms with Gasteiger partial charge in [0.05, 0.1) is 5.56 Å². The summed E-state index contributed by atoms with van der Waals surface area (Å²) in [5, 5.41) is 0. The molecule has 0 atom stereocenters. The fourth-order valence-corrected chi connectivity index (χ4v) is 0.850. The van der Waals surface area contributed by atoms with E-state index in [4.69, 9.17) is 0 Å². The monoisotopic (exact) mass is 163 g/mol. The normalized spacial score (nSPS) is 9.58. The number of pyridine rings is 1.